The maximum Gasteiger partial charge on any atom is 0.494 e. The predicted molar refractivity (Wildman–Crippen MR) is 128 cm³/mol. The van der Waals surface area contributed by atoms with E-state index in [0.717, 1.165) is 22.3 Å². The zero-order valence-electron chi connectivity index (χ0n) is 19.8. The van der Waals surface area contributed by atoms with Gasteiger partial charge in [-0.3, -0.25) is 0 Å². The molecule has 168 valence electrons. The van der Waals surface area contributed by atoms with E-state index in [2.05, 4.69) is 21.4 Å². The van der Waals surface area contributed by atoms with Gasteiger partial charge < -0.3 is 19.4 Å². The van der Waals surface area contributed by atoms with Gasteiger partial charge in [0.25, 0.3) is 0 Å². The molecule has 0 atom stereocenters. The minimum Gasteiger partial charge on any atom is -0.438 e. The highest BCUT2D eigenvalue weighted by atomic mass is 16.7. The molecule has 1 aromatic heterocycles. The highest BCUT2D eigenvalue weighted by Crippen LogP contribution is 2.36. The first kappa shape index (κ1) is 22.8. The highest BCUT2D eigenvalue weighted by molar-refractivity contribution is 6.62. The Morgan fingerprint density at radius 3 is 2.15 bits per heavy atom. The second-order valence-electron chi connectivity index (χ2n) is 9.21. The second-order valence-corrected chi connectivity index (χ2v) is 9.21. The Balaban J connectivity index is 1.47. The van der Waals surface area contributed by atoms with E-state index >= 15 is 0 Å². The fourth-order valence-electron chi connectivity index (χ4n) is 3.57. The van der Waals surface area contributed by atoms with Crippen molar-refractivity contribution in [1.29, 1.82) is 5.26 Å². The van der Waals surface area contributed by atoms with Crippen LogP contribution in [0, 0.1) is 25.2 Å². The summed E-state index contributed by atoms with van der Waals surface area (Å²) in [5.74, 6) is 1.52. The Bertz CT molecular complexity index is 1180. The highest BCUT2D eigenvalue weighted by Gasteiger charge is 2.51. The van der Waals surface area contributed by atoms with Crippen molar-refractivity contribution in [1.82, 2.24) is 9.97 Å². The zero-order valence-corrected chi connectivity index (χ0v) is 19.8. The van der Waals surface area contributed by atoms with Gasteiger partial charge in [-0.15, -0.1) is 0 Å². The third kappa shape index (κ3) is 4.70. The Morgan fingerprint density at radius 2 is 1.58 bits per heavy atom. The topological polar surface area (TPSA) is 89.3 Å². The molecule has 8 heteroatoms. The van der Waals surface area contributed by atoms with Crippen molar-refractivity contribution in [2.45, 2.75) is 52.7 Å². The van der Waals surface area contributed by atoms with Crippen molar-refractivity contribution in [2.75, 3.05) is 5.32 Å². The van der Waals surface area contributed by atoms with Gasteiger partial charge in [0.05, 0.1) is 22.8 Å². The Labute approximate surface area is 194 Å². The van der Waals surface area contributed by atoms with E-state index in [0.29, 0.717) is 23.1 Å². The van der Waals surface area contributed by atoms with Crippen LogP contribution in [0.2, 0.25) is 0 Å². The van der Waals surface area contributed by atoms with Crippen molar-refractivity contribution in [2.24, 2.45) is 0 Å². The molecule has 0 spiro atoms. The minimum absolute atomic E-state index is 0.380. The van der Waals surface area contributed by atoms with Crippen molar-refractivity contribution < 1.29 is 14.0 Å². The zero-order chi connectivity index (χ0) is 23.8. The van der Waals surface area contributed by atoms with E-state index in [4.69, 9.17) is 19.3 Å². The maximum absolute atomic E-state index is 9.13. The van der Waals surface area contributed by atoms with Crippen molar-refractivity contribution in [3.63, 3.8) is 0 Å². The molecule has 0 radical (unpaired) electrons. The first-order valence-corrected chi connectivity index (χ1v) is 10.8. The van der Waals surface area contributed by atoms with Gasteiger partial charge in [-0.05, 0) is 82.4 Å². The molecule has 1 N–H and O–H groups in total. The molecule has 7 nitrogen and oxygen atoms in total. The quantitative estimate of drug-likeness (QED) is 0.568. The number of aryl methyl sites for hydroxylation is 2. The SMILES string of the molecule is Cc1cc(C#N)cc(C)c1Oc1ccnc(Nc2ccc(B3OC(C)(C)C(C)(C)O3)cc2)n1. The number of anilines is 2. The van der Waals surface area contributed by atoms with Crippen molar-refractivity contribution in [3.05, 3.63) is 65.4 Å². The lowest BCUT2D eigenvalue weighted by molar-refractivity contribution is 0.00578. The molecule has 1 saturated heterocycles. The van der Waals surface area contributed by atoms with Gasteiger partial charge in [-0.25, -0.2) is 4.98 Å². The number of nitrogens with one attached hydrogen (secondary N) is 1. The molecule has 33 heavy (non-hydrogen) atoms. The number of benzene rings is 2. The van der Waals surface area contributed by atoms with Gasteiger partial charge in [0, 0.05) is 18.0 Å². The summed E-state index contributed by atoms with van der Waals surface area (Å²) in [6.45, 7) is 12.0. The number of hydrogen-bond acceptors (Lipinski definition) is 7. The van der Waals surface area contributed by atoms with Crippen LogP contribution in [0.5, 0.6) is 11.6 Å². The molecule has 0 aliphatic carbocycles. The third-order valence-electron chi connectivity index (χ3n) is 6.12. The Kier molecular flexibility index (Phi) is 5.87. The molecule has 4 rings (SSSR count). The second kappa shape index (κ2) is 8.51. The third-order valence-corrected chi connectivity index (χ3v) is 6.12. The molecule has 2 heterocycles. The molecule has 0 unspecified atom stereocenters. The van der Waals surface area contributed by atoms with Crippen molar-refractivity contribution >= 4 is 24.2 Å². The fraction of sp³-hybridized carbons (Fsp3) is 0.320. The van der Waals surface area contributed by atoms with Crippen LogP contribution < -0.4 is 15.5 Å². The summed E-state index contributed by atoms with van der Waals surface area (Å²) < 4.78 is 18.2. The Morgan fingerprint density at radius 1 is 0.970 bits per heavy atom. The van der Waals surface area contributed by atoms with Gasteiger partial charge in [0.1, 0.15) is 5.75 Å². The summed E-state index contributed by atoms with van der Waals surface area (Å²) in [6, 6.07) is 15.3. The lowest BCUT2D eigenvalue weighted by Gasteiger charge is -2.32. The van der Waals surface area contributed by atoms with E-state index in [-0.39, 0.29) is 11.2 Å². The summed E-state index contributed by atoms with van der Waals surface area (Å²) in [5, 5.41) is 12.3. The standard InChI is InChI=1S/C25H27BN4O3/c1-16-13-18(15-27)14-17(2)22(16)31-21-11-12-28-23(30-21)29-20-9-7-19(8-10-20)26-32-24(3,4)25(5,6)33-26/h7-14H,1-6H3,(H,28,29,30). The predicted octanol–water partition coefficient (Wildman–Crippen LogP) is 4.80. The van der Waals surface area contributed by atoms with Crippen LogP contribution in [0.3, 0.4) is 0 Å². The van der Waals surface area contributed by atoms with Crippen LogP contribution in [0.4, 0.5) is 11.6 Å². The molecular weight excluding hydrogens is 415 g/mol. The van der Waals surface area contributed by atoms with Crippen LogP contribution in [0.15, 0.2) is 48.7 Å². The molecule has 0 bridgehead atoms. The van der Waals surface area contributed by atoms with Gasteiger partial charge in [0.2, 0.25) is 11.8 Å². The average Bonchev–Trinajstić information content (AvgIpc) is 2.98. The Hall–Kier alpha value is -3.41. The summed E-state index contributed by atoms with van der Waals surface area (Å²) in [6.07, 6.45) is 1.64. The summed E-state index contributed by atoms with van der Waals surface area (Å²) in [7, 11) is -0.407. The molecule has 3 aromatic rings. The van der Waals surface area contributed by atoms with Crippen molar-refractivity contribution in [3.8, 4) is 17.7 Å². The molecular formula is C25H27BN4O3. The summed E-state index contributed by atoms with van der Waals surface area (Å²) in [5.41, 5.74) is 3.37. The van der Waals surface area contributed by atoms with Crippen LogP contribution in [0.25, 0.3) is 0 Å². The molecule has 2 aromatic carbocycles. The fourth-order valence-corrected chi connectivity index (χ4v) is 3.57. The van der Waals surface area contributed by atoms with Crippen LogP contribution >= 0.6 is 0 Å². The van der Waals surface area contributed by atoms with Crippen LogP contribution in [0.1, 0.15) is 44.4 Å². The smallest absolute Gasteiger partial charge is 0.438 e. The number of ether oxygens (including phenoxy) is 1. The number of nitrogens with zero attached hydrogens (tertiary/aromatic N) is 3. The first-order chi connectivity index (χ1) is 15.6. The number of rotatable bonds is 5. The lowest BCUT2D eigenvalue weighted by atomic mass is 9.79. The monoisotopic (exact) mass is 442 g/mol. The van der Waals surface area contributed by atoms with E-state index < -0.39 is 7.12 Å². The molecule has 1 aliphatic rings. The van der Waals surface area contributed by atoms with E-state index in [1.807, 2.05) is 65.8 Å². The molecule has 0 amide bonds. The van der Waals surface area contributed by atoms with Gasteiger partial charge in [-0.2, -0.15) is 10.2 Å². The van der Waals surface area contributed by atoms with E-state index in [9.17, 15) is 0 Å². The summed E-state index contributed by atoms with van der Waals surface area (Å²) in [4.78, 5) is 8.76. The normalized spacial score (nSPS) is 16.3. The van der Waals surface area contributed by atoms with Gasteiger partial charge in [-0.1, -0.05) is 12.1 Å². The number of nitriles is 1. The molecule has 1 aliphatic heterocycles. The van der Waals surface area contributed by atoms with E-state index in [1.54, 1.807) is 24.4 Å². The van der Waals surface area contributed by atoms with Crippen LogP contribution in [-0.4, -0.2) is 28.3 Å². The van der Waals surface area contributed by atoms with Crippen LogP contribution in [-0.2, 0) is 9.31 Å². The number of aromatic nitrogens is 2. The maximum atomic E-state index is 9.13. The summed E-state index contributed by atoms with van der Waals surface area (Å²) >= 11 is 0. The first-order valence-electron chi connectivity index (χ1n) is 10.8. The largest absolute Gasteiger partial charge is 0.494 e. The molecule has 1 fully saturated rings. The minimum atomic E-state index is -0.407. The van der Waals surface area contributed by atoms with E-state index in [1.165, 1.54) is 0 Å². The lowest BCUT2D eigenvalue weighted by Crippen LogP contribution is -2.41. The number of hydrogen-bond donors (Lipinski definition) is 1. The average molecular weight is 442 g/mol. The molecule has 0 saturated carbocycles. The van der Waals surface area contributed by atoms with Gasteiger partial charge >= 0.3 is 7.12 Å². The van der Waals surface area contributed by atoms with Gasteiger partial charge in [0.15, 0.2) is 0 Å².